The average Bonchev–Trinajstić information content (AvgIpc) is 2.37. The average molecular weight is 268 g/mol. The van der Waals surface area contributed by atoms with Crippen LogP contribution in [-0.2, 0) is 0 Å². The summed E-state index contributed by atoms with van der Waals surface area (Å²) in [5.41, 5.74) is 4.57. The van der Waals surface area contributed by atoms with Crippen molar-refractivity contribution < 1.29 is 4.74 Å². The molecule has 0 fully saturated rings. The zero-order valence-corrected chi connectivity index (χ0v) is 13.0. The molecule has 1 atom stereocenters. The van der Waals surface area contributed by atoms with Gasteiger partial charge in [0.25, 0.3) is 0 Å². The van der Waals surface area contributed by atoms with E-state index in [-0.39, 0.29) is 0 Å². The molecule has 0 saturated heterocycles. The number of rotatable bonds is 1. The van der Waals surface area contributed by atoms with Crippen LogP contribution in [-0.4, -0.2) is 8.07 Å². The van der Waals surface area contributed by atoms with Gasteiger partial charge in [0.1, 0.15) is 11.5 Å². The predicted molar refractivity (Wildman–Crippen MR) is 84.0 cm³/mol. The van der Waals surface area contributed by atoms with Crippen LogP contribution < -0.4 is 4.74 Å². The maximum atomic E-state index is 6.11. The van der Waals surface area contributed by atoms with E-state index < -0.39 is 8.07 Å². The molecule has 98 valence electrons. The molecule has 0 bridgehead atoms. The molecule has 0 saturated carbocycles. The lowest BCUT2D eigenvalue weighted by Gasteiger charge is -2.36. The Bertz CT molecular complexity index is 614. The van der Waals surface area contributed by atoms with Crippen LogP contribution in [0.4, 0.5) is 0 Å². The summed E-state index contributed by atoms with van der Waals surface area (Å²) in [6, 6.07) is 8.34. The highest BCUT2D eigenvalue weighted by molar-refractivity contribution is 6.78. The van der Waals surface area contributed by atoms with E-state index in [2.05, 4.69) is 63.0 Å². The van der Waals surface area contributed by atoms with Crippen LogP contribution in [0.5, 0.6) is 5.75 Å². The summed E-state index contributed by atoms with van der Waals surface area (Å²) in [4.78, 5) is 0. The number of hydrogen-bond acceptors (Lipinski definition) is 1. The van der Waals surface area contributed by atoms with E-state index in [1.807, 2.05) is 6.07 Å². The van der Waals surface area contributed by atoms with Crippen molar-refractivity contribution in [1.29, 1.82) is 0 Å². The van der Waals surface area contributed by atoms with E-state index in [0.29, 0.717) is 5.54 Å². The third kappa shape index (κ3) is 2.00. The molecule has 1 nitrogen and oxygen atoms in total. The van der Waals surface area contributed by atoms with Crippen molar-refractivity contribution in [2.45, 2.75) is 32.1 Å². The Labute approximate surface area is 116 Å². The molecule has 0 N–H and O–H groups in total. The molecule has 0 aromatic heterocycles. The Morgan fingerprint density at radius 3 is 2.58 bits per heavy atom. The highest BCUT2D eigenvalue weighted by atomic mass is 28.3. The molecule has 1 aromatic rings. The summed E-state index contributed by atoms with van der Waals surface area (Å²) in [7, 11) is -1.29. The lowest BCUT2D eigenvalue weighted by Crippen LogP contribution is -2.31. The van der Waals surface area contributed by atoms with Gasteiger partial charge in [-0.2, -0.15) is 0 Å². The van der Waals surface area contributed by atoms with Crippen molar-refractivity contribution in [3.05, 3.63) is 59.4 Å². The zero-order valence-electron chi connectivity index (χ0n) is 12.0. The van der Waals surface area contributed by atoms with E-state index in [1.165, 1.54) is 16.7 Å². The monoisotopic (exact) mass is 268 g/mol. The number of hydrogen-bond donors (Lipinski definition) is 0. The summed E-state index contributed by atoms with van der Waals surface area (Å²) >= 11 is 0. The summed E-state index contributed by atoms with van der Waals surface area (Å²) in [6.45, 7) is 9.50. The molecule has 1 aliphatic heterocycles. The smallest absolute Gasteiger partial charge is 0.134 e. The van der Waals surface area contributed by atoms with Gasteiger partial charge in [-0.05, 0) is 24.6 Å². The SMILES string of the molecule is CC1=C2C(=CC=CC2[Si](C)(C)C)Oc2ccccc21. The zero-order chi connectivity index (χ0) is 13.6. The molecule has 0 amide bonds. The van der Waals surface area contributed by atoms with Crippen molar-refractivity contribution in [2.75, 3.05) is 0 Å². The first-order chi connectivity index (χ1) is 8.98. The van der Waals surface area contributed by atoms with Gasteiger partial charge in [0, 0.05) is 16.7 Å². The Hall–Kier alpha value is -1.54. The standard InChI is InChI=1S/C17H20OSi/c1-12-13-8-5-6-9-14(13)18-15-10-7-11-16(17(12)15)19(2,3)4/h5-11,16H,1-4H3. The van der Waals surface area contributed by atoms with Crippen LogP contribution >= 0.6 is 0 Å². The van der Waals surface area contributed by atoms with Crippen LogP contribution in [0.3, 0.4) is 0 Å². The van der Waals surface area contributed by atoms with Gasteiger partial charge in [0.15, 0.2) is 0 Å². The summed E-state index contributed by atoms with van der Waals surface area (Å²) < 4.78 is 6.11. The molecule has 3 rings (SSSR count). The molecular formula is C17H20OSi. The van der Waals surface area contributed by atoms with Crippen molar-refractivity contribution in [1.82, 2.24) is 0 Å². The van der Waals surface area contributed by atoms with Gasteiger partial charge < -0.3 is 4.74 Å². The highest BCUT2D eigenvalue weighted by Gasteiger charge is 2.35. The fourth-order valence-electron chi connectivity index (χ4n) is 2.95. The quantitative estimate of drug-likeness (QED) is 0.650. The Morgan fingerprint density at radius 2 is 1.84 bits per heavy atom. The third-order valence-electron chi connectivity index (χ3n) is 3.98. The minimum Gasteiger partial charge on any atom is -0.456 e. The second-order valence-corrected chi connectivity index (χ2v) is 11.8. The Balaban J connectivity index is 2.20. The van der Waals surface area contributed by atoms with E-state index in [1.54, 1.807) is 0 Å². The van der Waals surface area contributed by atoms with Crippen LogP contribution in [0.1, 0.15) is 12.5 Å². The van der Waals surface area contributed by atoms with E-state index in [0.717, 1.165) is 11.5 Å². The van der Waals surface area contributed by atoms with Gasteiger partial charge in [-0.3, -0.25) is 0 Å². The number of fused-ring (bicyclic) bond motifs is 2. The largest absolute Gasteiger partial charge is 0.456 e. The molecular weight excluding hydrogens is 248 g/mol. The van der Waals surface area contributed by atoms with Gasteiger partial charge in [-0.25, -0.2) is 0 Å². The number of para-hydroxylation sites is 1. The summed E-state index contributed by atoms with van der Waals surface area (Å²) in [5.74, 6) is 2.03. The van der Waals surface area contributed by atoms with E-state index >= 15 is 0 Å². The second-order valence-electron chi connectivity index (χ2n) is 6.40. The summed E-state index contributed by atoms with van der Waals surface area (Å²) in [6.07, 6.45) is 6.61. The molecule has 0 radical (unpaired) electrons. The van der Waals surface area contributed by atoms with Crippen molar-refractivity contribution in [3.63, 3.8) is 0 Å². The van der Waals surface area contributed by atoms with Gasteiger partial charge in [0.2, 0.25) is 0 Å². The first-order valence-electron chi connectivity index (χ1n) is 6.85. The predicted octanol–water partition coefficient (Wildman–Crippen LogP) is 5.01. The van der Waals surface area contributed by atoms with Crippen molar-refractivity contribution in [3.8, 4) is 5.75 Å². The fraction of sp³-hybridized carbons (Fsp3) is 0.294. The van der Waals surface area contributed by atoms with Gasteiger partial charge >= 0.3 is 0 Å². The minimum absolute atomic E-state index is 0.542. The van der Waals surface area contributed by atoms with Gasteiger partial charge in [0.05, 0.1) is 8.07 Å². The van der Waals surface area contributed by atoms with Gasteiger partial charge in [-0.1, -0.05) is 50.0 Å². The lowest BCUT2D eigenvalue weighted by molar-refractivity contribution is 0.425. The van der Waals surface area contributed by atoms with Crippen LogP contribution in [0.25, 0.3) is 5.57 Å². The molecule has 2 heteroatoms. The lowest BCUT2D eigenvalue weighted by atomic mass is 9.92. The van der Waals surface area contributed by atoms with Crippen molar-refractivity contribution >= 4 is 13.6 Å². The maximum absolute atomic E-state index is 6.11. The number of ether oxygens (including phenoxy) is 1. The third-order valence-corrected chi connectivity index (χ3v) is 6.32. The van der Waals surface area contributed by atoms with Gasteiger partial charge in [-0.15, -0.1) is 0 Å². The van der Waals surface area contributed by atoms with Crippen LogP contribution in [0.15, 0.2) is 53.8 Å². The van der Waals surface area contributed by atoms with Crippen LogP contribution in [0, 0.1) is 0 Å². The molecule has 1 aromatic carbocycles. The number of benzene rings is 1. The Morgan fingerprint density at radius 1 is 1.11 bits per heavy atom. The molecule has 1 heterocycles. The molecule has 1 aliphatic carbocycles. The summed E-state index contributed by atoms with van der Waals surface area (Å²) in [5, 5.41) is 0. The molecule has 2 aliphatic rings. The maximum Gasteiger partial charge on any atom is 0.134 e. The van der Waals surface area contributed by atoms with E-state index in [9.17, 15) is 0 Å². The fourth-order valence-corrected chi connectivity index (χ4v) is 4.86. The minimum atomic E-state index is -1.29. The normalized spacial score (nSPS) is 21.5. The first kappa shape index (κ1) is 12.5. The topological polar surface area (TPSA) is 9.23 Å². The van der Waals surface area contributed by atoms with E-state index in [4.69, 9.17) is 4.74 Å². The Kier molecular flexibility index (Phi) is 2.79. The molecule has 1 unspecified atom stereocenters. The van der Waals surface area contributed by atoms with Crippen molar-refractivity contribution in [2.24, 2.45) is 0 Å². The highest BCUT2D eigenvalue weighted by Crippen LogP contribution is 2.47. The number of allylic oxidation sites excluding steroid dienone is 5. The second kappa shape index (κ2) is 4.24. The first-order valence-corrected chi connectivity index (χ1v) is 10.4. The van der Waals surface area contributed by atoms with Crippen LogP contribution in [0.2, 0.25) is 25.2 Å². The molecule has 19 heavy (non-hydrogen) atoms. The molecule has 0 spiro atoms.